The second kappa shape index (κ2) is 10.0. The predicted octanol–water partition coefficient (Wildman–Crippen LogP) is 2.10. The molecule has 0 unspecified atom stereocenters. The summed E-state index contributed by atoms with van der Waals surface area (Å²) in [5.41, 5.74) is 1.00. The van der Waals surface area contributed by atoms with Gasteiger partial charge in [0.1, 0.15) is 11.5 Å². The maximum Gasteiger partial charge on any atom is 0.257 e. The first-order chi connectivity index (χ1) is 10.2. The van der Waals surface area contributed by atoms with Gasteiger partial charge in [-0.25, -0.2) is 0 Å². The van der Waals surface area contributed by atoms with Crippen molar-refractivity contribution in [3.63, 3.8) is 0 Å². The van der Waals surface area contributed by atoms with Crippen molar-refractivity contribution in [3.05, 3.63) is 23.8 Å². The van der Waals surface area contributed by atoms with E-state index < -0.39 is 0 Å². The van der Waals surface area contributed by atoms with Crippen LogP contribution >= 0.6 is 0 Å². The fourth-order valence-corrected chi connectivity index (χ4v) is 1.77. The van der Waals surface area contributed by atoms with Crippen molar-refractivity contribution < 1.29 is 14.3 Å². The minimum Gasteiger partial charge on any atom is -0.493 e. The number of ether oxygens (including phenoxy) is 2. The van der Waals surface area contributed by atoms with E-state index >= 15 is 0 Å². The van der Waals surface area contributed by atoms with Gasteiger partial charge < -0.3 is 20.1 Å². The molecule has 0 aliphatic heterocycles. The molecule has 0 fully saturated rings. The van der Waals surface area contributed by atoms with E-state index in [2.05, 4.69) is 17.6 Å². The van der Waals surface area contributed by atoms with Gasteiger partial charge in [0.15, 0.2) is 6.61 Å². The summed E-state index contributed by atoms with van der Waals surface area (Å²) in [7, 11) is 1.87. The molecule has 1 amide bonds. The SMILES string of the molecule is CCCNC(=O)COc1cc(OCCC)ccc1CNC. The van der Waals surface area contributed by atoms with Gasteiger partial charge in [0.2, 0.25) is 0 Å². The molecular formula is C16H26N2O3. The third-order valence-corrected chi connectivity index (χ3v) is 2.81. The quantitative estimate of drug-likeness (QED) is 0.694. The Bertz CT molecular complexity index is 436. The zero-order valence-electron chi connectivity index (χ0n) is 13.2. The Morgan fingerprint density at radius 3 is 2.67 bits per heavy atom. The Balaban J connectivity index is 2.68. The molecule has 0 spiro atoms. The van der Waals surface area contributed by atoms with Crippen molar-refractivity contribution >= 4 is 5.91 Å². The molecule has 2 N–H and O–H groups in total. The maximum absolute atomic E-state index is 11.6. The predicted molar refractivity (Wildman–Crippen MR) is 83.8 cm³/mol. The smallest absolute Gasteiger partial charge is 0.257 e. The zero-order valence-corrected chi connectivity index (χ0v) is 13.2. The van der Waals surface area contributed by atoms with E-state index in [9.17, 15) is 4.79 Å². The molecule has 118 valence electrons. The molecule has 0 aliphatic rings. The largest absolute Gasteiger partial charge is 0.493 e. The van der Waals surface area contributed by atoms with Crippen LogP contribution in [-0.4, -0.2) is 32.7 Å². The molecule has 0 radical (unpaired) electrons. The van der Waals surface area contributed by atoms with Gasteiger partial charge in [-0.2, -0.15) is 0 Å². The van der Waals surface area contributed by atoms with E-state index in [0.29, 0.717) is 25.4 Å². The summed E-state index contributed by atoms with van der Waals surface area (Å²) in [4.78, 5) is 11.6. The molecule has 21 heavy (non-hydrogen) atoms. The highest BCUT2D eigenvalue weighted by molar-refractivity contribution is 5.77. The van der Waals surface area contributed by atoms with Crippen molar-refractivity contribution in [3.8, 4) is 11.5 Å². The molecule has 5 nitrogen and oxygen atoms in total. The van der Waals surface area contributed by atoms with E-state index in [1.807, 2.05) is 32.2 Å². The number of hydrogen-bond acceptors (Lipinski definition) is 4. The van der Waals surface area contributed by atoms with Crippen molar-refractivity contribution in [1.29, 1.82) is 0 Å². The number of carbonyl (C=O) groups excluding carboxylic acids is 1. The molecule has 0 saturated carbocycles. The summed E-state index contributed by atoms with van der Waals surface area (Å²) in [6, 6.07) is 5.72. The first-order valence-corrected chi connectivity index (χ1v) is 7.51. The van der Waals surface area contributed by atoms with Gasteiger partial charge in [0, 0.05) is 24.7 Å². The van der Waals surface area contributed by atoms with E-state index in [0.717, 1.165) is 24.2 Å². The lowest BCUT2D eigenvalue weighted by molar-refractivity contribution is -0.123. The molecule has 0 aromatic heterocycles. The lowest BCUT2D eigenvalue weighted by atomic mass is 10.2. The summed E-state index contributed by atoms with van der Waals surface area (Å²) < 4.78 is 11.2. The van der Waals surface area contributed by atoms with Crippen LogP contribution < -0.4 is 20.1 Å². The Morgan fingerprint density at radius 2 is 2.00 bits per heavy atom. The van der Waals surface area contributed by atoms with Crippen LogP contribution in [0.1, 0.15) is 32.3 Å². The summed E-state index contributed by atoms with van der Waals surface area (Å²) in [5.74, 6) is 1.34. The average molecular weight is 294 g/mol. The fourth-order valence-electron chi connectivity index (χ4n) is 1.77. The molecule has 1 aromatic rings. The lowest BCUT2D eigenvalue weighted by Gasteiger charge is -2.13. The third-order valence-electron chi connectivity index (χ3n) is 2.81. The number of rotatable bonds is 10. The van der Waals surface area contributed by atoms with Gasteiger partial charge in [-0.15, -0.1) is 0 Å². The van der Waals surface area contributed by atoms with Crippen LogP contribution in [0.3, 0.4) is 0 Å². The molecule has 1 rings (SSSR count). The topological polar surface area (TPSA) is 59.6 Å². The highest BCUT2D eigenvalue weighted by Crippen LogP contribution is 2.25. The van der Waals surface area contributed by atoms with Crippen LogP contribution in [0.4, 0.5) is 0 Å². The summed E-state index contributed by atoms with van der Waals surface area (Å²) in [6.07, 6.45) is 1.87. The van der Waals surface area contributed by atoms with Crippen molar-refractivity contribution in [2.75, 3.05) is 26.8 Å². The molecule has 0 heterocycles. The van der Waals surface area contributed by atoms with E-state index in [4.69, 9.17) is 9.47 Å². The first-order valence-electron chi connectivity index (χ1n) is 7.51. The van der Waals surface area contributed by atoms with Gasteiger partial charge >= 0.3 is 0 Å². The average Bonchev–Trinajstić information content (AvgIpc) is 2.50. The highest BCUT2D eigenvalue weighted by Gasteiger charge is 2.08. The van der Waals surface area contributed by atoms with Crippen LogP contribution in [0.5, 0.6) is 11.5 Å². The Hall–Kier alpha value is -1.75. The molecular weight excluding hydrogens is 268 g/mol. The zero-order chi connectivity index (χ0) is 15.5. The fraction of sp³-hybridized carbons (Fsp3) is 0.562. The monoisotopic (exact) mass is 294 g/mol. The van der Waals surface area contributed by atoms with E-state index in [-0.39, 0.29) is 12.5 Å². The second-order valence-corrected chi connectivity index (χ2v) is 4.79. The van der Waals surface area contributed by atoms with Crippen LogP contribution in [0.15, 0.2) is 18.2 Å². The van der Waals surface area contributed by atoms with Gasteiger partial charge in [-0.1, -0.05) is 19.9 Å². The van der Waals surface area contributed by atoms with Gasteiger partial charge in [0.25, 0.3) is 5.91 Å². The molecule has 1 aromatic carbocycles. The van der Waals surface area contributed by atoms with Gasteiger partial charge in [0.05, 0.1) is 6.61 Å². The number of amides is 1. The summed E-state index contributed by atoms with van der Waals surface area (Å²) in [6.45, 7) is 6.12. The Morgan fingerprint density at radius 1 is 1.19 bits per heavy atom. The van der Waals surface area contributed by atoms with Crippen LogP contribution in [-0.2, 0) is 11.3 Å². The minimum atomic E-state index is -0.105. The van der Waals surface area contributed by atoms with E-state index in [1.54, 1.807) is 0 Å². The van der Waals surface area contributed by atoms with Gasteiger partial charge in [-0.3, -0.25) is 4.79 Å². The number of nitrogens with one attached hydrogen (secondary N) is 2. The molecule has 0 atom stereocenters. The maximum atomic E-state index is 11.6. The van der Waals surface area contributed by atoms with E-state index in [1.165, 1.54) is 0 Å². The normalized spacial score (nSPS) is 10.2. The second-order valence-electron chi connectivity index (χ2n) is 4.79. The third kappa shape index (κ3) is 6.49. The number of carbonyl (C=O) groups is 1. The first kappa shape index (κ1) is 17.3. The van der Waals surface area contributed by atoms with Crippen LogP contribution in [0.25, 0.3) is 0 Å². The summed E-state index contributed by atoms with van der Waals surface area (Å²) in [5, 5.41) is 5.88. The summed E-state index contributed by atoms with van der Waals surface area (Å²) >= 11 is 0. The number of hydrogen-bond donors (Lipinski definition) is 2. The van der Waals surface area contributed by atoms with Crippen LogP contribution in [0.2, 0.25) is 0 Å². The Labute approximate surface area is 127 Å². The molecule has 5 heteroatoms. The minimum absolute atomic E-state index is 0.0218. The molecule has 0 aliphatic carbocycles. The van der Waals surface area contributed by atoms with Crippen LogP contribution in [0, 0.1) is 0 Å². The Kier molecular flexibility index (Phi) is 8.28. The van der Waals surface area contributed by atoms with Crippen molar-refractivity contribution in [2.24, 2.45) is 0 Å². The van der Waals surface area contributed by atoms with Gasteiger partial charge in [-0.05, 0) is 26.0 Å². The molecule has 0 saturated heterocycles. The number of benzene rings is 1. The lowest BCUT2D eigenvalue weighted by Crippen LogP contribution is -2.29. The van der Waals surface area contributed by atoms with Crippen molar-refractivity contribution in [2.45, 2.75) is 33.2 Å². The standard InChI is InChI=1S/C16H26N2O3/c1-4-8-18-16(19)12-21-15-10-14(20-9-5-2)7-6-13(15)11-17-3/h6-7,10,17H,4-5,8-9,11-12H2,1-3H3,(H,18,19). The molecule has 0 bridgehead atoms. The highest BCUT2D eigenvalue weighted by atomic mass is 16.5. The van der Waals surface area contributed by atoms with Crippen molar-refractivity contribution in [1.82, 2.24) is 10.6 Å².